The molecular formula is C17H31BrN2. The van der Waals surface area contributed by atoms with Gasteiger partial charge in [0.1, 0.15) is 0 Å². The lowest BCUT2D eigenvalue weighted by Crippen LogP contribution is -2.34. The largest absolute Gasteiger partial charge is 0.316 e. The van der Waals surface area contributed by atoms with Crippen LogP contribution in [0.3, 0.4) is 0 Å². The fourth-order valence-corrected chi connectivity index (χ4v) is 2.33. The van der Waals surface area contributed by atoms with Gasteiger partial charge >= 0.3 is 0 Å². The molecule has 116 valence electrons. The third-order valence-corrected chi connectivity index (χ3v) is 4.22. The van der Waals surface area contributed by atoms with Crippen LogP contribution >= 0.6 is 15.9 Å². The minimum atomic E-state index is 0.634. The summed E-state index contributed by atoms with van der Waals surface area (Å²) >= 11 is 3.58. The summed E-state index contributed by atoms with van der Waals surface area (Å²) in [5, 5.41) is 3.10. The summed E-state index contributed by atoms with van der Waals surface area (Å²) < 4.78 is 1.07. The van der Waals surface area contributed by atoms with Crippen LogP contribution < -0.4 is 5.32 Å². The summed E-state index contributed by atoms with van der Waals surface area (Å²) in [6.45, 7) is 16.1. The van der Waals surface area contributed by atoms with Gasteiger partial charge in [-0.3, -0.25) is 4.90 Å². The highest BCUT2D eigenvalue weighted by atomic mass is 79.9. The van der Waals surface area contributed by atoms with Gasteiger partial charge in [-0.2, -0.15) is 0 Å². The molecule has 0 aliphatic heterocycles. The van der Waals surface area contributed by atoms with Gasteiger partial charge in [0.05, 0.1) is 0 Å². The molecule has 0 aliphatic carbocycles. The van der Waals surface area contributed by atoms with Gasteiger partial charge in [-0.15, -0.1) is 0 Å². The van der Waals surface area contributed by atoms with E-state index in [0.717, 1.165) is 29.7 Å². The van der Waals surface area contributed by atoms with Crippen LogP contribution in [0.1, 0.15) is 40.5 Å². The van der Waals surface area contributed by atoms with Crippen molar-refractivity contribution in [2.45, 2.75) is 46.6 Å². The standard InChI is InChI=1S/C17H31BrN2/c1-7-11-20(16(5)8-2)13-14(3)12-15(4)17(18)9-10-19-6/h9,12,16,19H,4,7-8,10-11,13H2,1-3,5-6H3/b14-12+,17-9+. The minimum Gasteiger partial charge on any atom is -0.316 e. The summed E-state index contributed by atoms with van der Waals surface area (Å²) in [5.41, 5.74) is 2.40. The molecule has 0 aromatic heterocycles. The van der Waals surface area contributed by atoms with Gasteiger partial charge < -0.3 is 5.32 Å². The van der Waals surface area contributed by atoms with Crippen molar-refractivity contribution in [3.63, 3.8) is 0 Å². The number of nitrogens with one attached hydrogen (secondary N) is 1. The molecule has 1 unspecified atom stereocenters. The van der Waals surface area contributed by atoms with Crippen molar-refractivity contribution in [2.75, 3.05) is 26.7 Å². The van der Waals surface area contributed by atoms with Gasteiger partial charge in [0.2, 0.25) is 0 Å². The van der Waals surface area contributed by atoms with Crippen molar-refractivity contribution < 1.29 is 0 Å². The fourth-order valence-electron chi connectivity index (χ4n) is 2.06. The van der Waals surface area contributed by atoms with Gasteiger partial charge in [-0.25, -0.2) is 0 Å². The lowest BCUT2D eigenvalue weighted by Gasteiger charge is -2.28. The Bertz CT molecular complexity index is 345. The van der Waals surface area contributed by atoms with E-state index in [2.05, 4.69) is 72.6 Å². The molecular weight excluding hydrogens is 312 g/mol. The lowest BCUT2D eigenvalue weighted by atomic mass is 10.1. The maximum Gasteiger partial charge on any atom is 0.0214 e. The van der Waals surface area contributed by atoms with Gasteiger partial charge in [0.15, 0.2) is 0 Å². The Balaban J connectivity index is 4.66. The van der Waals surface area contributed by atoms with Crippen molar-refractivity contribution in [3.05, 3.63) is 34.4 Å². The van der Waals surface area contributed by atoms with Gasteiger partial charge in [-0.1, -0.05) is 54.1 Å². The molecule has 0 aromatic rings. The second-order valence-electron chi connectivity index (χ2n) is 5.35. The van der Waals surface area contributed by atoms with Crippen LogP contribution in [-0.2, 0) is 0 Å². The maximum absolute atomic E-state index is 4.13. The normalized spacial score (nSPS) is 14.8. The maximum atomic E-state index is 4.13. The van der Waals surface area contributed by atoms with Crippen LogP contribution in [0.5, 0.6) is 0 Å². The van der Waals surface area contributed by atoms with Crippen molar-refractivity contribution >= 4 is 15.9 Å². The number of rotatable bonds is 10. The van der Waals surface area contributed by atoms with Crippen LogP contribution in [0.2, 0.25) is 0 Å². The first-order valence-electron chi connectivity index (χ1n) is 7.56. The SMILES string of the molecule is C=C(/C=C(\C)CN(CCC)C(C)CC)/C(Br)=C\CNC. The average molecular weight is 343 g/mol. The van der Waals surface area contributed by atoms with Crippen molar-refractivity contribution in [2.24, 2.45) is 0 Å². The second kappa shape index (κ2) is 11.3. The number of hydrogen-bond donors (Lipinski definition) is 1. The zero-order chi connectivity index (χ0) is 15.5. The van der Waals surface area contributed by atoms with E-state index < -0.39 is 0 Å². The van der Waals surface area contributed by atoms with E-state index in [-0.39, 0.29) is 0 Å². The second-order valence-corrected chi connectivity index (χ2v) is 6.21. The van der Waals surface area contributed by atoms with Crippen molar-refractivity contribution in [1.82, 2.24) is 10.2 Å². The van der Waals surface area contributed by atoms with E-state index in [4.69, 9.17) is 0 Å². The van der Waals surface area contributed by atoms with Crippen LogP contribution in [0.25, 0.3) is 0 Å². The molecule has 0 rings (SSSR count). The third-order valence-electron chi connectivity index (χ3n) is 3.39. The Morgan fingerprint density at radius 3 is 2.55 bits per heavy atom. The summed E-state index contributed by atoms with van der Waals surface area (Å²) in [4.78, 5) is 2.55. The highest BCUT2D eigenvalue weighted by Crippen LogP contribution is 2.18. The Kier molecular flexibility index (Phi) is 11.1. The first kappa shape index (κ1) is 19.6. The molecule has 0 saturated heterocycles. The Morgan fingerprint density at radius 2 is 2.05 bits per heavy atom. The number of nitrogens with zero attached hydrogens (tertiary/aromatic N) is 1. The molecule has 0 fully saturated rings. The molecule has 1 atom stereocenters. The third kappa shape index (κ3) is 8.03. The molecule has 3 heteroatoms. The first-order valence-corrected chi connectivity index (χ1v) is 8.36. The number of hydrogen-bond acceptors (Lipinski definition) is 2. The van der Waals surface area contributed by atoms with E-state index in [1.807, 2.05) is 7.05 Å². The van der Waals surface area contributed by atoms with Gasteiger partial charge in [0.25, 0.3) is 0 Å². The lowest BCUT2D eigenvalue weighted by molar-refractivity contribution is 0.221. The molecule has 0 heterocycles. The Morgan fingerprint density at radius 1 is 1.40 bits per heavy atom. The molecule has 0 radical (unpaired) electrons. The summed E-state index contributed by atoms with van der Waals surface area (Å²) in [6, 6.07) is 0.634. The Labute approximate surface area is 134 Å². The monoisotopic (exact) mass is 342 g/mol. The van der Waals surface area contributed by atoms with E-state index in [0.29, 0.717) is 6.04 Å². The highest BCUT2D eigenvalue weighted by Gasteiger charge is 2.11. The fraction of sp³-hybridized carbons (Fsp3) is 0.647. The molecule has 2 nitrogen and oxygen atoms in total. The number of likely N-dealkylation sites (N-methyl/N-ethyl adjacent to an activating group) is 1. The zero-order valence-corrected chi connectivity index (χ0v) is 15.4. The topological polar surface area (TPSA) is 15.3 Å². The van der Waals surface area contributed by atoms with Gasteiger partial charge in [0, 0.05) is 23.6 Å². The molecule has 0 amide bonds. The molecule has 0 aliphatic rings. The van der Waals surface area contributed by atoms with Crippen LogP contribution in [0.15, 0.2) is 34.4 Å². The minimum absolute atomic E-state index is 0.634. The van der Waals surface area contributed by atoms with Crippen LogP contribution in [0.4, 0.5) is 0 Å². The quantitative estimate of drug-likeness (QED) is 0.588. The van der Waals surface area contributed by atoms with Crippen molar-refractivity contribution in [3.8, 4) is 0 Å². The van der Waals surface area contributed by atoms with E-state index >= 15 is 0 Å². The average Bonchev–Trinajstić information content (AvgIpc) is 2.43. The highest BCUT2D eigenvalue weighted by molar-refractivity contribution is 9.12. The van der Waals surface area contributed by atoms with E-state index in [1.165, 1.54) is 18.4 Å². The van der Waals surface area contributed by atoms with Crippen LogP contribution in [0, 0.1) is 0 Å². The van der Waals surface area contributed by atoms with Gasteiger partial charge in [-0.05, 0) is 45.9 Å². The Hall–Kier alpha value is -0.380. The predicted molar refractivity (Wildman–Crippen MR) is 95.5 cm³/mol. The first-order chi connectivity index (χ1) is 9.46. The molecule has 1 N–H and O–H groups in total. The summed E-state index contributed by atoms with van der Waals surface area (Å²) in [6.07, 6.45) is 6.68. The zero-order valence-electron chi connectivity index (χ0n) is 13.8. The van der Waals surface area contributed by atoms with E-state index in [1.54, 1.807) is 0 Å². The molecule has 20 heavy (non-hydrogen) atoms. The molecule has 0 saturated carbocycles. The van der Waals surface area contributed by atoms with Crippen molar-refractivity contribution in [1.29, 1.82) is 0 Å². The summed E-state index contributed by atoms with van der Waals surface area (Å²) in [5.74, 6) is 0. The molecule has 0 bridgehead atoms. The molecule has 0 spiro atoms. The van der Waals surface area contributed by atoms with E-state index in [9.17, 15) is 0 Å². The number of allylic oxidation sites excluding steroid dienone is 3. The predicted octanol–water partition coefficient (Wildman–Crippen LogP) is 4.50. The smallest absolute Gasteiger partial charge is 0.0214 e. The number of halogens is 1. The summed E-state index contributed by atoms with van der Waals surface area (Å²) in [7, 11) is 1.94. The molecule has 0 aromatic carbocycles. The van der Waals surface area contributed by atoms with Crippen LogP contribution in [-0.4, -0.2) is 37.6 Å².